The maximum absolute atomic E-state index is 12.4. The second-order valence-corrected chi connectivity index (χ2v) is 7.83. The fourth-order valence-electron chi connectivity index (χ4n) is 3.03. The van der Waals surface area contributed by atoms with Crippen LogP contribution in [-0.2, 0) is 11.2 Å². The molecular formula is C23H27N3O2S. The van der Waals surface area contributed by atoms with E-state index in [1.807, 2.05) is 48.0 Å². The molecule has 0 bridgehead atoms. The fourth-order valence-corrected chi connectivity index (χ4v) is 3.80. The molecule has 0 aliphatic heterocycles. The monoisotopic (exact) mass is 409 g/mol. The molecule has 6 heteroatoms. The highest BCUT2D eigenvalue weighted by Crippen LogP contribution is 2.28. The Hall–Kier alpha value is -2.73. The molecule has 0 aliphatic rings. The maximum Gasteiger partial charge on any atom is 0.234 e. The molecule has 29 heavy (non-hydrogen) atoms. The van der Waals surface area contributed by atoms with Crippen LogP contribution in [0.4, 0.5) is 5.69 Å². The maximum atomic E-state index is 12.4. The van der Waals surface area contributed by atoms with Crippen molar-refractivity contribution in [2.75, 3.05) is 18.2 Å². The Kier molecular flexibility index (Phi) is 7.36. The zero-order valence-corrected chi connectivity index (χ0v) is 18.0. The van der Waals surface area contributed by atoms with E-state index in [1.165, 1.54) is 30.2 Å². The summed E-state index contributed by atoms with van der Waals surface area (Å²) in [6, 6.07) is 14.1. The molecule has 0 saturated carbocycles. The Balaban J connectivity index is 1.62. The molecular weight excluding hydrogens is 382 g/mol. The van der Waals surface area contributed by atoms with Gasteiger partial charge in [0.05, 0.1) is 18.6 Å². The number of anilines is 1. The lowest BCUT2D eigenvalue weighted by Gasteiger charge is -2.13. The Morgan fingerprint density at radius 1 is 1.21 bits per heavy atom. The number of nitrogens with one attached hydrogen (secondary N) is 1. The minimum Gasteiger partial charge on any atom is -0.495 e. The Morgan fingerprint density at radius 3 is 2.72 bits per heavy atom. The lowest BCUT2D eigenvalue weighted by molar-refractivity contribution is -0.113. The first-order valence-corrected chi connectivity index (χ1v) is 10.8. The highest BCUT2D eigenvalue weighted by Gasteiger charge is 2.13. The number of benzene rings is 2. The SMILES string of the molecule is CCCCc1ccc(NC(=O)CSc2nccn2-c2cc(C)ccc2OC)cc1. The van der Waals surface area contributed by atoms with Crippen molar-refractivity contribution in [1.82, 2.24) is 9.55 Å². The predicted molar refractivity (Wildman–Crippen MR) is 119 cm³/mol. The van der Waals surface area contributed by atoms with Crippen LogP contribution in [0.3, 0.4) is 0 Å². The van der Waals surface area contributed by atoms with Gasteiger partial charge in [-0.3, -0.25) is 9.36 Å². The summed E-state index contributed by atoms with van der Waals surface area (Å²) in [6.07, 6.45) is 7.05. The second kappa shape index (κ2) is 10.2. The van der Waals surface area contributed by atoms with Crippen LogP contribution in [-0.4, -0.2) is 28.3 Å². The molecule has 0 atom stereocenters. The summed E-state index contributed by atoms with van der Waals surface area (Å²) >= 11 is 1.40. The highest BCUT2D eigenvalue weighted by atomic mass is 32.2. The third-order valence-electron chi connectivity index (χ3n) is 4.59. The summed E-state index contributed by atoms with van der Waals surface area (Å²) < 4.78 is 7.43. The van der Waals surface area contributed by atoms with Gasteiger partial charge in [-0.05, 0) is 55.2 Å². The van der Waals surface area contributed by atoms with Crippen molar-refractivity contribution in [2.45, 2.75) is 38.3 Å². The van der Waals surface area contributed by atoms with Crippen LogP contribution in [0.2, 0.25) is 0 Å². The average molecular weight is 410 g/mol. The minimum absolute atomic E-state index is 0.0536. The standard InChI is InChI=1S/C23H27N3O2S/c1-4-5-6-18-8-10-19(11-9-18)25-22(27)16-29-23-24-13-14-26(23)20-15-17(2)7-12-21(20)28-3/h7-15H,4-6,16H2,1-3H3,(H,25,27). The van der Waals surface area contributed by atoms with Crippen LogP contribution in [0.25, 0.3) is 5.69 Å². The number of thioether (sulfide) groups is 1. The Morgan fingerprint density at radius 2 is 2.00 bits per heavy atom. The number of hydrogen-bond donors (Lipinski definition) is 1. The van der Waals surface area contributed by atoms with E-state index in [0.717, 1.165) is 34.3 Å². The molecule has 3 rings (SSSR count). The Bertz CT molecular complexity index is 951. The first-order valence-electron chi connectivity index (χ1n) is 9.80. The molecule has 0 spiro atoms. The van der Waals surface area contributed by atoms with Crippen LogP contribution in [0.15, 0.2) is 60.0 Å². The van der Waals surface area contributed by atoms with E-state index < -0.39 is 0 Å². The first-order chi connectivity index (χ1) is 14.1. The molecule has 1 amide bonds. The topological polar surface area (TPSA) is 56.2 Å². The van der Waals surface area contributed by atoms with E-state index in [4.69, 9.17) is 4.74 Å². The number of carbonyl (C=O) groups excluding carboxylic acids is 1. The molecule has 3 aromatic rings. The zero-order valence-electron chi connectivity index (χ0n) is 17.1. The van der Waals surface area contributed by atoms with Crippen LogP contribution in [0.5, 0.6) is 5.75 Å². The van der Waals surface area contributed by atoms with Gasteiger partial charge in [0.2, 0.25) is 5.91 Å². The van der Waals surface area contributed by atoms with Crippen molar-refractivity contribution < 1.29 is 9.53 Å². The predicted octanol–water partition coefficient (Wildman–Crippen LogP) is 5.26. The molecule has 1 heterocycles. The summed E-state index contributed by atoms with van der Waals surface area (Å²) in [7, 11) is 1.65. The number of aryl methyl sites for hydroxylation is 2. The van der Waals surface area contributed by atoms with E-state index in [2.05, 4.69) is 29.4 Å². The number of unbranched alkanes of at least 4 members (excludes halogenated alkanes) is 1. The van der Waals surface area contributed by atoms with E-state index in [-0.39, 0.29) is 11.7 Å². The number of carbonyl (C=O) groups is 1. The zero-order chi connectivity index (χ0) is 20.6. The van der Waals surface area contributed by atoms with E-state index in [0.29, 0.717) is 0 Å². The molecule has 0 radical (unpaired) electrons. The third kappa shape index (κ3) is 5.64. The van der Waals surface area contributed by atoms with Crippen molar-refractivity contribution in [1.29, 1.82) is 0 Å². The molecule has 1 N–H and O–H groups in total. The van der Waals surface area contributed by atoms with E-state index >= 15 is 0 Å². The number of aromatic nitrogens is 2. The van der Waals surface area contributed by atoms with E-state index in [9.17, 15) is 4.79 Å². The second-order valence-electron chi connectivity index (χ2n) is 6.89. The molecule has 1 aromatic heterocycles. The van der Waals surface area contributed by atoms with Crippen LogP contribution in [0.1, 0.15) is 30.9 Å². The number of rotatable bonds is 9. The smallest absolute Gasteiger partial charge is 0.234 e. The number of hydrogen-bond acceptors (Lipinski definition) is 4. The molecule has 0 aliphatic carbocycles. The summed E-state index contributed by atoms with van der Waals surface area (Å²) in [6.45, 7) is 4.22. The number of ether oxygens (including phenoxy) is 1. The van der Waals surface area contributed by atoms with Gasteiger partial charge < -0.3 is 10.1 Å². The van der Waals surface area contributed by atoms with Crippen molar-refractivity contribution in [3.05, 3.63) is 66.0 Å². The molecule has 0 fully saturated rings. The van der Waals surface area contributed by atoms with Gasteiger partial charge in [0, 0.05) is 18.1 Å². The summed E-state index contributed by atoms with van der Waals surface area (Å²) in [5, 5.41) is 3.71. The van der Waals surface area contributed by atoms with Crippen LogP contribution < -0.4 is 10.1 Å². The van der Waals surface area contributed by atoms with E-state index in [1.54, 1.807) is 13.3 Å². The summed E-state index contributed by atoms with van der Waals surface area (Å²) in [5.41, 5.74) is 4.16. The van der Waals surface area contributed by atoms with Gasteiger partial charge in [0.1, 0.15) is 5.75 Å². The fraction of sp³-hybridized carbons (Fsp3) is 0.304. The van der Waals surface area contributed by atoms with Gasteiger partial charge in [0.15, 0.2) is 5.16 Å². The number of amides is 1. The van der Waals surface area contributed by atoms with Crippen molar-refractivity contribution in [2.24, 2.45) is 0 Å². The summed E-state index contributed by atoms with van der Waals surface area (Å²) in [5.74, 6) is 0.994. The Labute approximate surface area is 176 Å². The summed E-state index contributed by atoms with van der Waals surface area (Å²) in [4.78, 5) is 16.8. The van der Waals surface area contributed by atoms with Gasteiger partial charge in [-0.2, -0.15) is 0 Å². The molecule has 2 aromatic carbocycles. The van der Waals surface area contributed by atoms with Crippen LogP contribution >= 0.6 is 11.8 Å². The molecule has 5 nitrogen and oxygen atoms in total. The third-order valence-corrected chi connectivity index (χ3v) is 5.56. The lowest BCUT2D eigenvalue weighted by atomic mass is 10.1. The van der Waals surface area contributed by atoms with Gasteiger partial charge in [0.25, 0.3) is 0 Å². The normalized spacial score (nSPS) is 10.7. The first kappa shape index (κ1) is 21.0. The van der Waals surface area contributed by atoms with Crippen molar-refractivity contribution in [3.8, 4) is 11.4 Å². The largest absolute Gasteiger partial charge is 0.495 e. The van der Waals surface area contributed by atoms with Crippen LogP contribution in [0, 0.1) is 6.92 Å². The number of methoxy groups -OCH3 is 1. The number of imidazole rings is 1. The lowest BCUT2D eigenvalue weighted by Crippen LogP contribution is -2.14. The average Bonchev–Trinajstić information content (AvgIpc) is 3.20. The van der Waals surface area contributed by atoms with Gasteiger partial charge >= 0.3 is 0 Å². The van der Waals surface area contributed by atoms with Crippen molar-refractivity contribution >= 4 is 23.4 Å². The quantitative estimate of drug-likeness (QED) is 0.490. The van der Waals surface area contributed by atoms with Gasteiger partial charge in [-0.15, -0.1) is 0 Å². The molecule has 152 valence electrons. The van der Waals surface area contributed by atoms with Gasteiger partial charge in [-0.25, -0.2) is 4.98 Å². The highest BCUT2D eigenvalue weighted by molar-refractivity contribution is 7.99. The molecule has 0 unspecified atom stereocenters. The van der Waals surface area contributed by atoms with Crippen molar-refractivity contribution in [3.63, 3.8) is 0 Å². The minimum atomic E-state index is -0.0536. The number of nitrogens with zero attached hydrogens (tertiary/aromatic N) is 2. The molecule has 0 saturated heterocycles. The van der Waals surface area contributed by atoms with Gasteiger partial charge in [-0.1, -0.05) is 43.3 Å².